The number of amides is 2. The highest BCUT2D eigenvalue weighted by Gasteiger charge is 2.31. The molecule has 27 heavy (non-hydrogen) atoms. The first-order valence-electron chi connectivity index (χ1n) is 9.33. The van der Waals surface area contributed by atoms with Gasteiger partial charge in [0.2, 0.25) is 11.8 Å². The van der Waals surface area contributed by atoms with Gasteiger partial charge in [-0.1, -0.05) is 30.4 Å². The minimum atomic E-state index is -0.576. The van der Waals surface area contributed by atoms with Crippen molar-refractivity contribution in [3.05, 3.63) is 42.5 Å². The normalized spacial score (nSPS) is 25.7. The Morgan fingerprint density at radius 1 is 1.11 bits per heavy atom. The smallest absolute Gasteiger partial charge is 0.227 e. The number of benzene rings is 1. The number of para-hydroxylation sites is 1. The van der Waals surface area contributed by atoms with Crippen molar-refractivity contribution >= 4 is 17.5 Å². The zero-order chi connectivity index (χ0) is 19.1. The van der Waals surface area contributed by atoms with Gasteiger partial charge in [-0.05, 0) is 25.0 Å². The predicted octanol–water partition coefficient (Wildman–Crippen LogP) is 1.24. The number of hydrogen-bond acceptors (Lipinski definition) is 5. The molecule has 7 heteroatoms. The molecule has 3 atom stereocenters. The average molecular weight is 374 g/mol. The van der Waals surface area contributed by atoms with Crippen molar-refractivity contribution < 1.29 is 24.2 Å². The summed E-state index contributed by atoms with van der Waals surface area (Å²) in [5.74, 6) is -0.284. The van der Waals surface area contributed by atoms with E-state index in [1.807, 2.05) is 36.4 Å². The summed E-state index contributed by atoms with van der Waals surface area (Å²) in [6.07, 6.45) is 4.11. The van der Waals surface area contributed by atoms with Crippen LogP contribution in [0.1, 0.15) is 19.3 Å². The lowest BCUT2D eigenvalue weighted by Crippen LogP contribution is -2.50. The van der Waals surface area contributed by atoms with Crippen LogP contribution in [0.25, 0.3) is 0 Å². The molecule has 2 aliphatic heterocycles. The topological polar surface area (TPSA) is 96.9 Å². The summed E-state index contributed by atoms with van der Waals surface area (Å²) in [4.78, 5) is 24.6. The van der Waals surface area contributed by atoms with Crippen molar-refractivity contribution in [1.82, 2.24) is 5.32 Å². The number of carbonyl (C=O) groups is 2. The molecule has 1 fully saturated rings. The van der Waals surface area contributed by atoms with Crippen molar-refractivity contribution in [1.29, 1.82) is 0 Å². The number of anilines is 1. The van der Waals surface area contributed by atoms with Crippen molar-refractivity contribution in [2.24, 2.45) is 5.92 Å². The van der Waals surface area contributed by atoms with Gasteiger partial charge < -0.3 is 25.2 Å². The quantitative estimate of drug-likeness (QED) is 0.651. The van der Waals surface area contributed by atoms with Crippen LogP contribution in [0.4, 0.5) is 5.69 Å². The molecule has 2 heterocycles. The summed E-state index contributed by atoms with van der Waals surface area (Å²) in [6.45, 7) is 0.952. The van der Waals surface area contributed by atoms with E-state index < -0.39 is 18.2 Å². The van der Waals surface area contributed by atoms with Crippen molar-refractivity contribution in [3.63, 3.8) is 0 Å². The molecule has 0 bridgehead atoms. The van der Waals surface area contributed by atoms with Gasteiger partial charge in [0.15, 0.2) is 0 Å². The minimum absolute atomic E-state index is 0.0460. The van der Waals surface area contributed by atoms with E-state index >= 15 is 0 Å². The van der Waals surface area contributed by atoms with Gasteiger partial charge in [-0.2, -0.15) is 0 Å². The second-order valence-electron chi connectivity index (χ2n) is 6.82. The van der Waals surface area contributed by atoms with E-state index in [9.17, 15) is 14.7 Å². The van der Waals surface area contributed by atoms with E-state index in [1.165, 1.54) is 0 Å². The molecule has 1 aromatic carbocycles. The summed E-state index contributed by atoms with van der Waals surface area (Å²) in [7, 11) is 0. The molecule has 1 saturated heterocycles. The van der Waals surface area contributed by atoms with Crippen LogP contribution >= 0.6 is 0 Å². The van der Waals surface area contributed by atoms with Gasteiger partial charge in [-0.25, -0.2) is 0 Å². The lowest BCUT2D eigenvalue weighted by molar-refractivity contribution is -0.131. The number of hydrogen-bond donors (Lipinski definition) is 3. The standard InChI is InChI=1S/C20H26N2O5/c23-13-18-17(22-20(25)14-8-10-26-11-9-14)7-6-16(27-18)12-19(24)21-15-4-2-1-3-5-15/h1-7,14,16-18,23H,8-13H2,(H,21,24)(H,22,25)/t16-,17-,18-/m0/s1. The monoisotopic (exact) mass is 374 g/mol. The molecule has 0 aliphatic carbocycles. The summed E-state index contributed by atoms with van der Waals surface area (Å²) in [5, 5.41) is 15.4. The molecule has 3 N–H and O–H groups in total. The summed E-state index contributed by atoms with van der Waals surface area (Å²) in [5.41, 5.74) is 0.725. The fourth-order valence-corrected chi connectivity index (χ4v) is 3.29. The van der Waals surface area contributed by atoms with E-state index in [2.05, 4.69) is 10.6 Å². The Kier molecular flexibility index (Phi) is 6.98. The Balaban J connectivity index is 1.52. The first kappa shape index (κ1) is 19.5. The fraction of sp³-hybridized carbons (Fsp3) is 0.500. The van der Waals surface area contributed by atoms with E-state index in [1.54, 1.807) is 6.08 Å². The Labute approximate surface area is 158 Å². The Morgan fingerprint density at radius 3 is 2.56 bits per heavy atom. The van der Waals surface area contributed by atoms with Gasteiger partial charge in [0, 0.05) is 24.8 Å². The van der Waals surface area contributed by atoms with Crippen LogP contribution in [0, 0.1) is 5.92 Å². The molecule has 1 aromatic rings. The summed E-state index contributed by atoms with van der Waals surface area (Å²) < 4.78 is 11.1. The SMILES string of the molecule is O=C(C[C@@H]1C=C[C@H](NC(=O)C2CCOCC2)[C@H](CO)O1)Nc1ccccc1. The zero-order valence-electron chi connectivity index (χ0n) is 15.2. The highest BCUT2D eigenvalue weighted by molar-refractivity contribution is 5.91. The zero-order valence-corrected chi connectivity index (χ0v) is 15.2. The van der Waals surface area contributed by atoms with Crippen LogP contribution in [-0.4, -0.2) is 55.0 Å². The molecular formula is C20H26N2O5. The number of rotatable bonds is 6. The van der Waals surface area contributed by atoms with Crippen LogP contribution in [0.3, 0.4) is 0 Å². The van der Waals surface area contributed by atoms with E-state index in [0.717, 1.165) is 5.69 Å². The number of aliphatic hydroxyl groups excluding tert-OH is 1. The van der Waals surface area contributed by atoms with Crippen LogP contribution in [-0.2, 0) is 19.1 Å². The maximum Gasteiger partial charge on any atom is 0.227 e. The van der Waals surface area contributed by atoms with Crippen molar-refractivity contribution in [2.45, 2.75) is 37.5 Å². The van der Waals surface area contributed by atoms with Crippen molar-refractivity contribution in [2.75, 3.05) is 25.1 Å². The highest BCUT2D eigenvalue weighted by Crippen LogP contribution is 2.19. The Hall–Kier alpha value is -2.22. The highest BCUT2D eigenvalue weighted by atomic mass is 16.5. The van der Waals surface area contributed by atoms with Crippen LogP contribution in [0.15, 0.2) is 42.5 Å². The lowest BCUT2D eigenvalue weighted by atomic mass is 9.97. The minimum Gasteiger partial charge on any atom is -0.394 e. The molecule has 0 radical (unpaired) electrons. The largest absolute Gasteiger partial charge is 0.394 e. The molecule has 2 amide bonds. The van der Waals surface area contributed by atoms with E-state index in [4.69, 9.17) is 9.47 Å². The second-order valence-corrected chi connectivity index (χ2v) is 6.82. The third-order valence-corrected chi connectivity index (χ3v) is 4.81. The molecule has 0 spiro atoms. The molecular weight excluding hydrogens is 348 g/mol. The number of nitrogens with one attached hydrogen (secondary N) is 2. The Morgan fingerprint density at radius 2 is 1.85 bits per heavy atom. The van der Waals surface area contributed by atoms with Gasteiger partial charge in [0.05, 0.1) is 25.2 Å². The maximum absolute atomic E-state index is 12.4. The molecule has 2 aliphatic rings. The van der Waals surface area contributed by atoms with Gasteiger partial charge in [-0.15, -0.1) is 0 Å². The number of aliphatic hydroxyl groups is 1. The third-order valence-electron chi connectivity index (χ3n) is 4.81. The molecule has 3 rings (SSSR count). The van der Waals surface area contributed by atoms with E-state index in [-0.39, 0.29) is 30.8 Å². The predicted molar refractivity (Wildman–Crippen MR) is 100 cm³/mol. The number of ether oxygens (including phenoxy) is 2. The second kappa shape index (κ2) is 9.64. The summed E-state index contributed by atoms with van der Waals surface area (Å²) >= 11 is 0. The first-order chi connectivity index (χ1) is 13.2. The van der Waals surface area contributed by atoms with Gasteiger partial charge >= 0.3 is 0 Å². The molecule has 146 valence electrons. The van der Waals surface area contributed by atoms with Gasteiger partial charge in [0.1, 0.15) is 6.10 Å². The average Bonchev–Trinajstić information content (AvgIpc) is 2.70. The third kappa shape index (κ3) is 5.63. The molecule has 0 saturated carbocycles. The van der Waals surface area contributed by atoms with E-state index in [0.29, 0.717) is 26.1 Å². The first-order valence-corrected chi connectivity index (χ1v) is 9.33. The fourth-order valence-electron chi connectivity index (χ4n) is 3.29. The van der Waals surface area contributed by atoms with Gasteiger partial charge in [-0.3, -0.25) is 9.59 Å². The maximum atomic E-state index is 12.4. The van der Waals surface area contributed by atoms with Gasteiger partial charge in [0.25, 0.3) is 0 Å². The summed E-state index contributed by atoms with van der Waals surface area (Å²) in [6, 6.07) is 8.80. The van der Waals surface area contributed by atoms with Crippen LogP contribution in [0.2, 0.25) is 0 Å². The lowest BCUT2D eigenvalue weighted by Gasteiger charge is -2.33. The van der Waals surface area contributed by atoms with Crippen molar-refractivity contribution in [3.8, 4) is 0 Å². The molecule has 0 unspecified atom stereocenters. The van der Waals surface area contributed by atoms with Crippen LogP contribution < -0.4 is 10.6 Å². The molecule has 7 nitrogen and oxygen atoms in total. The number of carbonyl (C=O) groups excluding carboxylic acids is 2. The van der Waals surface area contributed by atoms with Crippen LogP contribution in [0.5, 0.6) is 0 Å². The molecule has 0 aromatic heterocycles. The Bertz CT molecular complexity index is 658.